The number of β-amino-alcohol motifs (C(OH)–C–C–N with tert-alkyl or cyclic N) is 1. The molecule has 2 aliphatic rings. The summed E-state index contributed by atoms with van der Waals surface area (Å²) in [5.41, 5.74) is 0.447. The fourth-order valence-corrected chi connectivity index (χ4v) is 4.44. The first-order chi connectivity index (χ1) is 14.7. The van der Waals surface area contributed by atoms with Crippen molar-refractivity contribution in [3.63, 3.8) is 0 Å². The number of nitrogens with zero attached hydrogens (tertiary/aromatic N) is 2. The normalized spacial score (nSPS) is 22.8. The predicted octanol–water partition coefficient (Wildman–Crippen LogP) is 3.57. The highest BCUT2D eigenvalue weighted by Gasteiger charge is 2.34. The molecule has 2 heterocycles. The van der Waals surface area contributed by atoms with E-state index in [9.17, 15) is 5.11 Å². The van der Waals surface area contributed by atoms with Crippen LogP contribution in [0.25, 0.3) is 0 Å². The monoisotopic (exact) mass is 410 g/mol. The summed E-state index contributed by atoms with van der Waals surface area (Å²) in [5.74, 6) is 1.74. The summed E-state index contributed by atoms with van der Waals surface area (Å²) >= 11 is 0. The van der Waals surface area contributed by atoms with Crippen LogP contribution in [0, 0.1) is 0 Å². The topological polar surface area (TPSA) is 45.2 Å². The molecule has 1 atom stereocenters. The lowest BCUT2D eigenvalue weighted by molar-refractivity contribution is -0.0621. The van der Waals surface area contributed by atoms with Gasteiger partial charge in [-0.2, -0.15) is 0 Å². The highest BCUT2D eigenvalue weighted by Crippen LogP contribution is 2.24. The van der Waals surface area contributed by atoms with Gasteiger partial charge in [0.2, 0.25) is 0 Å². The van der Waals surface area contributed by atoms with Crippen molar-refractivity contribution in [1.82, 2.24) is 9.80 Å². The Bertz CT molecular complexity index is 762. The van der Waals surface area contributed by atoms with E-state index in [1.807, 2.05) is 30.3 Å². The van der Waals surface area contributed by atoms with Crippen LogP contribution in [0.5, 0.6) is 11.5 Å². The van der Waals surface area contributed by atoms with Gasteiger partial charge in [-0.05, 0) is 75.1 Å². The fourth-order valence-electron chi connectivity index (χ4n) is 4.44. The van der Waals surface area contributed by atoms with Crippen LogP contribution in [0.2, 0.25) is 0 Å². The summed E-state index contributed by atoms with van der Waals surface area (Å²) in [5, 5.41) is 11.0. The molecule has 0 saturated carbocycles. The maximum Gasteiger partial charge on any atom is 0.119 e. The molecule has 0 aliphatic carbocycles. The van der Waals surface area contributed by atoms with Gasteiger partial charge in [-0.1, -0.05) is 30.3 Å². The second kappa shape index (κ2) is 10.3. The van der Waals surface area contributed by atoms with Crippen molar-refractivity contribution in [2.45, 2.75) is 37.8 Å². The van der Waals surface area contributed by atoms with Gasteiger partial charge in [-0.3, -0.25) is 9.80 Å². The zero-order valence-electron chi connectivity index (χ0n) is 17.8. The maximum atomic E-state index is 11.0. The van der Waals surface area contributed by atoms with E-state index in [4.69, 9.17) is 9.47 Å². The molecular weight excluding hydrogens is 376 g/mol. The number of benzene rings is 2. The van der Waals surface area contributed by atoms with Gasteiger partial charge >= 0.3 is 0 Å². The van der Waals surface area contributed by atoms with Crippen molar-refractivity contribution >= 4 is 0 Å². The van der Waals surface area contributed by atoms with Crippen molar-refractivity contribution in [3.05, 3.63) is 60.2 Å². The Balaban J connectivity index is 1.23. The van der Waals surface area contributed by atoms with Crippen LogP contribution in [0.3, 0.4) is 0 Å². The maximum absolute atomic E-state index is 11.0. The number of ether oxygens (including phenoxy) is 2. The largest absolute Gasteiger partial charge is 0.492 e. The molecule has 0 bridgehead atoms. The number of hydrogen-bond donors (Lipinski definition) is 1. The van der Waals surface area contributed by atoms with Crippen LogP contribution in [0.15, 0.2) is 54.6 Å². The lowest BCUT2D eigenvalue weighted by atomic mass is 9.93. The Kier molecular flexibility index (Phi) is 7.26. The van der Waals surface area contributed by atoms with Crippen LogP contribution >= 0.6 is 0 Å². The number of para-hydroxylation sites is 1. The number of hydrogen-bond acceptors (Lipinski definition) is 5. The molecule has 2 aromatic rings. The number of rotatable bonds is 9. The van der Waals surface area contributed by atoms with E-state index >= 15 is 0 Å². The van der Waals surface area contributed by atoms with Gasteiger partial charge in [0.15, 0.2) is 0 Å². The second-order valence-corrected chi connectivity index (χ2v) is 8.68. The van der Waals surface area contributed by atoms with Crippen LogP contribution in [0.4, 0.5) is 0 Å². The van der Waals surface area contributed by atoms with Gasteiger partial charge in [0.1, 0.15) is 30.3 Å². The van der Waals surface area contributed by atoms with Crippen LogP contribution < -0.4 is 9.47 Å². The van der Waals surface area contributed by atoms with Gasteiger partial charge in [-0.25, -0.2) is 0 Å². The van der Waals surface area contributed by atoms with E-state index in [0.717, 1.165) is 50.6 Å². The summed E-state index contributed by atoms with van der Waals surface area (Å²) in [6.45, 7) is 6.98. The molecule has 1 N–H and O–H groups in total. The van der Waals surface area contributed by atoms with Gasteiger partial charge in [-0.15, -0.1) is 0 Å². The molecule has 5 nitrogen and oxygen atoms in total. The first-order valence-corrected chi connectivity index (χ1v) is 11.3. The lowest BCUT2D eigenvalue weighted by Gasteiger charge is -2.39. The molecule has 2 aromatic carbocycles. The van der Waals surface area contributed by atoms with E-state index in [0.29, 0.717) is 13.2 Å². The number of likely N-dealkylation sites (tertiary alicyclic amines) is 2. The highest BCUT2D eigenvalue weighted by atomic mass is 16.5. The number of aliphatic hydroxyl groups is 1. The molecule has 0 radical (unpaired) electrons. The molecule has 0 aromatic heterocycles. The summed E-state index contributed by atoms with van der Waals surface area (Å²) in [7, 11) is 0. The smallest absolute Gasteiger partial charge is 0.119 e. The highest BCUT2D eigenvalue weighted by molar-refractivity contribution is 5.27. The minimum absolute atomic E-state index is 0.331. The van der Waals surface area contributed by atoms with Crippen LogP contribution in [-0.2, 0) is 6.54 Å². The summed E-state index contributed by atoms with van der Waals surface area (Å²) in [4.78, 5) is 4.79. The average molecular weight is 411 g/mol. The lowest BCUT2D eigenvalue weighted by Crippen LogP contribution is -2.51. The Morgan fingerprint density at radius 3 is 2.27 bits per heavy atom. The SMILES string of the molecule is OC1(COc2ccccc2)CCCN(Cc2ccc(OCCN3CCCC3)cc2)C1. The molecule has 2 fully saturated rings. The molecule has 162 valence electrons. The fraction of sp³-hybridized carbons (Fsp3) is 0.520. The molecule has 2 saturated heterocycles. The average Bonchev–Trinajstić information content (AvgIpc) is 3.28. The van der Waals surface area contributed by atoms with Crippen LogP contribution in [0.1, 0.15) is 31.2 Å². The molecule has 5 heteroatoms. The summed E-state index contributed by atoms with van der Waals surface area (Å²) in [6, 6.07) is 18.1. The Morgan fingerprint density at radius 2 is 1.50 bits per heavy atom. The molecule has 2 aliphatic heterocycles. The third-order valence-electron chi connectivity index (χ3n) is 6.09. The van der Waals surface area contributed by atoms with E-state index in [1.54, 1.807) is 0 Å². The molecule has 30 heavy (non-hydrogen) atoms. The van der Waals surface area contributed by atoms with Gasteiger partial charge < -0.3 is 14.6 Å². The van der Waals surface area contributed by atoms with Crippen molar-refractivity contribution < 1.29 is 14.6 Å². The Morgan fingerprint density at radius 1 is 0.800 bits per heavy atom. The molecule has 0 amide bonds. The van der Waals surface area contributed by atoms with Crippen molar-refractivity contribution in [1.29, 1.82) is 0 Å². The summed E-state index contributed by atoms with van der Waals surface area (Å²) < 4.78 is 11.7. The minimum Gasteiger partial charge on any atom is -0.492 e. The van der Waals surface area contributed by atoms with E-state index < -0.39 is 5.60 Å². The molecule has 1 unspecified atom stereocenters. The third-order valence-corrected chi connectivity index (χ3v) is 6.09. The molecule has 0 spiro atoms. The Hall–Kier alpha value is -2.08. The first-order valence-electron chi connectivity index (χ1n) is 11.3. The number of piperidine rings is 1. The van der Waals surface area contributed by atoms with Gasteiger partial charge in [0.25, 0.3) is 0 Å². The quantitative estimate of drug-likeness (QED) is 0.685. The molecule has 4 rings (SSSR count). The first kappa shape index (κ1) is 21.2. The van der Waals surface area contributed by atoms with E-state index in [1.165, 1.54) is 31.5 Å². The van der Waals surface area contributed by atoms with Crippen molar-refractivity contribution in [2.24, 2.45) is 0 Å². The van der Waals surface area contributed by atoms with Gasteiger partial charge in [0.05, 0.1) is 0 Å². The standard InChI is InChI=1S/C25H34N2O3/c28-25(21-30-23-7-2-1-3-8-23)13-6-16-27(20-25)19-22-9-11-24(12-10-22)29-18-17-26-14-4-5-15-26/h1-3,7-12,28H,4-6,13-21H2. The second-order valence-electron chi connectivity index (χ2n) is 8.68. The van der Waals surface area contributed by atoms with Crippen molar-refractivity contribution in [3.8, 4) is 11.5 Å². The van der Waals surface area contributed by atoms with Crippen molar-refractivity contribution in [2.75, 3.05) is 45.9 Å². The molecular formula is C25H34N2O3. The van der Waals surface area contributed by atoms with E-state index in [-0.39, 0.29) is 0 Å². The predicted molar refractivity (Wildman–Crippen MR) is 119 cm³/mol. The van der Waals surface area contributed by atoms with Gasteiger partial charge in [0, 0.05) is 19.6 Å². The third kappa shape index (κ3) is 6.21. The zero-order chi connectivity index (χ0) is 20.7. The van der Waals surface area contributed by atoms with E-state index in [2.05, 4.69) is 34.1 Å². The Labute approximate surface area is 180 Å². The zero-order valence-corrected chi connectivity index (χ0v) is 17.8. The summed E-state index contributed by atoms with van der Waals surface area (Å²) in [6.07, 6.45) is 4.39. The van der Waals surface area contributed by atoms with Crippen LogP contribution in [-0.4, -0.2) is 66.4 Å². The minimum atomic E-state index is -0.799.